The van der Waals surface area contributed by atoms with E-state index in [-0.39, 0.29) is 6.10 Å². The van der Waals surface area contributed by atoms with Crippen LogP contribution in [0.1, 0.15) is 28.3 Å². The van der Waals surface area contributed by atoms with Crippen LogP contribution in [0.15, 0.2) is 121 Å². The number of rotatable bonds is 10. The quantitative estimate of drug-likeness (QED) is 0.159. The molecule has 0 aromatic heterocycles. The Morgan fingerprint density at radius 2 is 1.13 bits per heavy atom. The van der Waals surface area contributed by atoms with Gasteiger partial charge in [-0.3, -0.25) is 4.90 Å². The van der Waals surface area contributed by atoms with Crippen molar-refractivity contribution in [3.05, 3.63) is 144 Å². The lowest BCUT2D eigenvalue weighted by atomic mass is 9.79. The van der Waals surface area contributed by atoms with E-state index >= 15 is 0 Å². The van der Waals surface area contributed by atoms with Crippen molar-refractivity contribution in [2.24, 2.45) is 5.92 Å². The van der Waals surface area contributed by atoms with Gasteiger partial charge in [0, 0.05) is 18.5 Å². The summed E-state index contributed by atoms with van der Waals surface area (Å²) >= 11 is 0. The molecule has 4 aromatic rings. The third-order valence-electron chi connectivity index (χ3n) is 7.51. The summed E-state index contributed by atoms with van der Waals surface area (Å²) in [6.45, 7) is 8.33. The Kier molecular flexibility index (Phi) is 7.96. The van der Waals surface area contributed by atoms with E-state index in [1.807, 2.05) is 0 Å². The Hall–Kier alpha value is -3.02. The van der Waals surface area contributed by atoms with E-state index in [2.05, 4.69) is 153 Å². The zero-order valence-electron chi connectivity index (χ0n) is 23.0. The van der Waals surface area contributed by atoms with Gasteiger partial charge in [-0.05, 0) is 48.9 Å². The predicted octanol–water partition coefficient (Wildman–Crippen LogP) is 7.52. The van der Waals surface area contributed by atoms with Gasteiger partial charge in [0.15, 0.2) is 8.32 Å². The van der Waals surface area contributed by atoms with Crippen molar-refractivity contribution in [3.63, 3.8) is 0 Å². The molecule has 0 amide bonds. The molecule has 0 bridgehead atoms. The van der Waals surface area contributed by atoms with Gasteiger partial charge in [0.05, 0.1) is 12.7 Å². The predicted molar refractivity (Wildman–Crippen MR) is 159 cm³/mol. The Morgan fingerprint density at radius 3 is 1.53 bits per heavy atom. The van der Waals surface area contributed by atoms with Gasteiger partial charge in [0.25, 0.3) is 0 Å². The minimum Gasteiger partial charge on any atom is -0.412 e. The molecule has 38 heavy (non-hydrogen) atoms. The van der Waals surface area contributed by atoms with Crippen LogP contribution in [0.5, 0.6) is 0 Å². The molecule has 1 aliphatic heterocycles. The van der Waals surface area contributed by atoms with E-state index in [0.29, 0.717) is 18.6 Å². The number of nitrogens with zero attached hydrogens (tertiary/aromatic N) is 1. The van der Waals surface area contributed by atoms with Crippen LogP contribution in [0, 0.1) is 5.92 Å². The standard InChI is InChI=1S/C34H39NO2Si/c1-35-25-31(33(35)27-17-9-5-10-18-27)32(37-38(2,3)4)26-36-34(28-19-11-6-12-20-28,29-21-13-7-14-22-29)30-23-15-8-16-24-30/h5-24,31-33H,25-26H2,1-4H3/t31-,32?,33-/m0/s1. The molecule has 1 fully saturated rings. The summed E-state index contributed by atoms with van der Waals surface area (Å²) in [7, 11) is 0.360. The van der Waals surface area contributed by atoms with E-state index in [4.69, 9.17) is 9.16 Å². The van der Waals surface area contributed by atoms with Gasteiger partial charge in [-0.2, -0.15) is 0 Å². The highest BCUT2D eigenvalue weighted by molar-refractivity contribution is 6.69. The normalized spacial score (nSPS) is 19.1. The average Bonchev–Trinajstić information content (AvgIpc) is 2.93. The molecule has 4 aromatic carbocycles. The second kappa shape index (κ2) is 11.4. The van der Waals surface area contributed by atoms with Crippen molar-refractivity contribution < 1.29 is 9.16 Å². The molecule has 5 rings (SSSR count). The number of benzene rings is 4. The summed E-state index contributed by atoms with van der Waals surface area (Å²) in [6.07, 6.45) is -0.0152. The molecule has 1 unspecified atom stereocenters. The molecule has 196 valence electrons. The number of hydrogen-bond acceptors (Lipinski definition) is 3. The van der Waals surface area contributed by atoms with Crippen LogP contribution in [0.4, 0.5) is 0 Å². The second-order valence-electron chi connectivity index (χ2n) is 11.3. The maximum absolute atomic E-state index is 7.25. The van der Waals surface area contributed by atoms with E-state index in [1.165, 1.54) is 5.56 Å². The SMILES string of the molecule is CN1C[C@@H](C(COC(c2ccccc2)(c2ccccc2)c2ccccc2)O[Si](C)(C)C)[C@@H]1c1ccccc1. The van der Waals surface area contributed by atoms with Crippen molar-refractivity contribution >= 4 is 8.32 Å². The molecule has 0 saturated carbocycles. The Balaban J connectivity index is 1.56. The molecule has 4 heteroatoms. The first-order valence-electron chi connectivity index (χ1n) is 13.6. The first-order chi connectivity index (χ1) is 18.4. The third-order valence-corrected chi connectivity index (χ3v) is 8.52. The van der Waals surface area contributed by atoms with Gasteiger partial charge in [-0.1, -0.05) is 121 Å². The largest absolute Gasteiger partial charge is 0.412 e. The highest BCUT2D eigenvalue weighted by Crippen LogP contribution is 2.44. The Labute approximate surface area is 229 Å². The van der Waals surface area contributed by atoms with Gasteiger partial charge in [-0.15, -0.1) is 0 Å². The molecular weight excluding hydrogens is 482 g/mol. The smallest absolute Gasteiger partial charge is 0.184 e. The lowest BCUT2D eigenvalue weighted by Gasteiger charge is -2.51. The lowest BCUT2D eigenvalue weighted by Crippen LogP contribution is -2.56. The van der Waals surface area contributed by atoms with Crippen LogP contribution >= 0.6 is 0 Å². The summed E-state index contributed by atoms with van der Waals surface area (Å²) in [5.41, 5.74) is 3.96. The van der Waals surface area contributed by atoms with Crippen LogP contribution in [0.2, 0.25) is 19.6 Å². The molecule has 3 nitrogen and oxygen atoms in total. The van der Waals surface area contributed by atoms with Crippen LogP contribution in [-0.4, -0.2) is 39.5 Å². The van der Waals surface area contributed by atoms with Gasteiger partial charge < -0.3 is 9.16 Å². The van der Waals surface area contributed by atoms with Crippen LogP contribution in [0.3, 0.4) is 0 Å². The summed E-state index contributed by atoms with van der Waals surface area (Å²) in [4.78, 5) is 2.43. The molecule has 1 saturated heterocycles. The van der Waals surface area contributed by atoms with Crippen molar-refractivity contribution in [2.75, 3.05) is 20.2 Å². The van der Waals surface area contributed by atoms with E-state index in [0.717, 1.165) is 23.2 Å². The van der Waals surface area contributed by atoms with Crippen LogP contribution < -0.4 is 0 Å². The third kappa shape index (κ3) is 5.55. The van der Waals surface area contributed by atoms with Crippen molar-refractivity contribution in [1.82, 2.24) is 4.90 Å². The summed E-state index contributed by atoms with van der Waals surface area (Å²) in [5.74, 6) is 0.356. The first kappa shape index (κ1) is 26.6. The highest BCUT2D eigenvalue weighted by Gasteiger charge is 2.46. The van der Waals surface area contributed by atoms with E-state index in [9.17, 15) is 0 Å². The number of ether oxygens (including phenoxy) is 1. The van der Waals surface area contributed by atoms with Crippen LogP contribution in [-0.2, 0) is 14.8 Å². The zero-order chi connectivity index (χ0) is 26.6. The monoisotopic (exact) mass is 521 g/mol. The maximum atomic E-state index is 7.25. The lowest BCUT2D eigenvalue weighted by molar-refractivity contribution is -0.0977. The number of hydrogen-bond donors (Lipinski definition) is 0. The van der Waals surface area contributed by atoms with E-state index in [1.54, 1.807) is 0 Å². The maximum Gasteiger partial charge on any atom is 0.184 e. The molecular formula is C34H39NO2Si. The first-order valence-corrected chi connectivity index (χ1v) is 17.0. The van der Waals surface area contributed by atoms with Gasteiger partial charge in [0.1, 0.15) is 5.60 Å². The molecule has 3 atom stereocenters. The van der Waals surface area contributed by atoms with Crippen molar-refractivity contribution in [3.8, 4) is 0 Å². The topological polar surface area (TPSA) is 21.7 Å². The summed E-state index contributed by atoms with van der Waals surface area (Å²) in [5, 5.41) is 0. The van der Waals surface area contributed by atoms with Crippen molar-refractivity contribution in [1.29, 1.82) is 0 Å². The van der Waals surface area contributed by atoms with Crippen LogP contribution in [0.25, 0.3) is 0 Å². The van der Waals surface area contributed by atoms with Gasteiger partial charge >= 0.3 is 0 Å². The highest BCUT2D eigenvalue weighted by atomic mass is 28.4. The molecule has 0 N–H and O–H groups in total. The van der Waals surface area contributed by atoms with Crippen molar-refractivity contribution in [2.45, 2.75) is 37.4 Å². The average molecular weight is 522 g/mol. The molecule has 1 aliphatic rings. The fourth-order valence-corrected chi connectivity index (χ4v) is 7.03. The zero-order valence-corrected chi connectivity index (χ0v) is 24.0. The van der Waals surface area contributed by atoms with Gasteiger partial charge in [0.2, 0.25) is 0 Å². The second-order valence-corrected chi connectivity index (χ2v) is 15.8. The minimum absolute atomic E-state index is 0.0152. The molecule has 0 spiro atoms. The molecule has 0 radical (unpaired) electrons. The fraction of sp³-hybridized carbons (Fsp3) is 0.294. The summed E-state index contributed by atoms with van der Waals surface area (Å²) in [6, 6.07) is 43.0. The summed E-state index contributed by atoms with van der Waals surface area (Å²) < 4.78 is 14.2. The number of likely N-dealkylation sites (tertiary alicyclic amines) is 1. The van der Waals surface area contributed by atoms with E-state index < -0.39 is 13.9 Å². The fourth-order valence-electron chi connectivity index (χ4n) is 5.88. The molecule has 0 aliphatic carbocycles. The Bertz CT molecular complexity index is 1180. The minimum atomic E-state index is -1.85. The Morgan fingerprint density at radius 1 is 0.711 bits per heavy atom. The van der Waals surface area contributed by atoms with Gasteiger partial charge in [-0.25, -0.2) is 0 Å². The molecule has 1 heterocycles.